The van der Waals surface area contributed by atoms with E-state index in [0.717, 1.165) is 5.69 Å². The van der Waals surface area contributed by atoms with Crippen molar-refractivity contribution in [2.75, 3.05) is 5.32 Å². The summed E-state index contributed by atoms with van der Waals surface area (Å²) in [5, 5.41) is 14.2. The molecule has 0 spiro atoms. The van der Waals surface area contributed by atoms with E-state index in [-0.39, 0.29) is 5.91 Å². The zero-order valence-corrected chi connectivity index (χ0v) is 12.5. The molecule has 22 heavy (non-hydrogen) atoms. The molecule has 2 heterocycles. The van der Waals surface area contributed by atoms with Gasteiger partial charge in [0.25, 0.3) is 5.91 Å². The zero-order chi connectivity index (χ0) is 15.7. The van der Waals surface area contributed by atoms with Crippen molar-refractivity contribution >= 4 is 11.6 Å². The minimum Gasteiger partial charge on any atom is -0.466 e. The van der Waals surface area contributed by atoms with E-state index in [9.17, 15) is 4.79 Å². The Labute approximate surface area is 126 Å². The van der Waals surface area contributed by atoms with Gasteiger partial charge in [0, 0.05) is 5.69 Å². The monoisotopic (exact) mass is 297 g/mol. The van der Waals surface area contributed by atoms with E-state index < -0.39 is 0 Å². The van der Waals surface area contributed by atoms with Gasteiger partial charge in [-0.15, -0.1) is 5.10 Å². The van der Waals surface area contributed by atoms with E-state index in [1.165, 1.54) is 0 Å². The van der Waals surface area contributed by atoms with Crippen LogP contribution in [0.25, 0.3) is 5.69 Å². The van der Waals surface area contributed by atoms with Crippen LogP contribution in [0, 0.1) is 20.8 Å². The lowest BCUT2D eigenvalue weighted by atomic mass is 10.2. The van der Waals surface area contributed by atoms with Crippen LogP contribution in [0.5, 0.6) is 0 Å². The van der Waals surface area contributed by atoms with Crippen LogP contribution >= 0.6 is 0 Å². The van der Waals surface area contributed by atoms with Crippen LogP contribution in [0.1, 0.15) is 27.7 Å². The normalized spacial score (nSPS) is 10.7. The molecule has 2 aromatic heterocycles. The molecule has 7 nitrogen and oxygen atoms in total. The summed E-state index contributed by atoms with van der Waals surface area (Å²) >= 11 is 0. The van der Waals surface area contributed by atoms with E-state index in [1.54, 1.807) is 17.7 Å². The number of nitrogens with zero attached hydrogens (tertiary/aromatic N) is 4. The van der Waals surface area contributed by atoms with Gasteiger partial charge in [0.2, 0.25) is 0 Å². The Kier molecular flexibility index (Phi) is 3.46. The lowest BCUT2D eigenvalue weighted by Crippen LogP contribution is -2.12. The third-order valence-corrected chi connectivity index (χ3v) is 3.26. The van der Waals surface area contributed by atoms with Crippen LogP contribution in [-0.4, -0.2) is 26.1 Å². The van der Waals surface area contributed by atoms with Crippen molar-refractivity contribution in [2.24, 2.45) is 0 Å². The Hall–Kier alpha value is -2.96. The maximum absolute atomic E-state index is 12.3. The summed E-state index contributed by atoms with van der Waals surface area (Å²) < 4.78 is 6.98. The van der Waals surface area contributed by atoms with E-state index in [2.05, 4.69) is 20.8 Å². The Morgan fingerprint density at radius 2 is 2.05 bits per heavy atom. The summed E-state index contributed by atoms with van der Waals surface area (Å²) in [7, 11) is 0. The lowest BCUT2D eigenvalue weighted by Gasteiger charge is -2.07. The van der Waals surface area contributed by atoms with Crippen LogP contribution in [0.15, 0.2) is 34.7 Å². The van der Waals surface area contributed by atoms with Gasteiger partial charge in [-0.2, -0.15) is 4.68 Å². The number of rotatable bonds is 3. The number of hydrogen-bond donors (Lipinski definition) is 1. The maximum Gasteiger partial charge on any atom is 0.259 e. The molecule has 0 radical (unpaired) electrons. The fourth-order valence-electron chi connectivity index (χ4n) is 2.24. The summed E-state index contributed by atoms with van der Waals surface area (Å²) in [5.74, 6) is 1.77. The smallest absolute Gasteiger partial charge is 0.259 e. The van der Waals surface area contributed by atoms with Crippen molar-refractivity contribution in [3.63, 3.8) is 0 Å². The van der Waals surface area contributed by atoms with Crippen molar-refractivity contribution in [3.05, 3.63) is 53.2 Å². The van der Waals surface area contributed by atoms with Gasteiger partial charge in [0.05, 0.1) is 11.3 Å². The highest BCUT2D eigenvalue weighted by atomic mass is 16.3. The Balaban J connectivity index is 1.86. The van der Waals surface area contributed by atoms with E-state index in [0.29, 0.717) is 28.6 Å². The lowest BCUT2D eigenvalue weighted by molar-refractivity contribution is 0.102. The number of aromatic nitrogens is 4. The molecule has 1 aromatic carbocycles. The highest BCUT2D eigenvalue weighted by molar-refractivity contribution is 6.05. The van der Waals surface area contributed by atoms with Crippen molar-refractivity contribution in [2.45, 2.75) is 20.8 Å². The molecular weight excluding hydrogens is 282 g/mol. The first-order valence-electron chi connectivity index (χ1n) is 6.78. The second-order valence-corrected chi connectivity index (χ2v) is 4.97. The number of furan rings is 1. The summed E-state index contributed by atoms with van der Waals surface area (Å²) in [5.41, 5.74) is 1.97. The first-order valence-corrected chi connectivity index (χ1v) is 6.78. The first-order chi connectivity index (χ1) is 10.5. The molecule has 112 valence electrons. The number of aryl methyl sites for hydroxylation is 3. The third kappa shape index (κ3) is 2.60. The van der Waals surface area contributed by atoms with Gasteiger partial charge in [-0.3, -0.25) is 4.79 Å². The predicted octanol–water partition coefficient (Wildman–Crippen LogP) is 2.43. The van der Waals surface area contributed by atoms with Crippen LogP contribution in [0.3, 0.4) is 0 Å². The van der Waals surface area contributed by atoms with Gasteiger partial charge < -0.3 is 9.73 Å². The second kappa shape index (κ2) is 5.44. The molecule has 3 aromatic rings. The topological polar surface area (TPSA) is 85.8 Å². The molecular formula is C15H15N5O2. The Morgan fingerprint density at radius 1 is 1.23 bits per heavy atom. The largest absolute Gasteiger partial charge is 0.466 e. The number of hydrogen-bond acceptors (Lipinski definition) is 5. The van der Waals surface area contributed by atoms with Crippen molar-refractivity contribution in [1.29, 1.82) is 0 Å². The van der Waals surface area contributed by atoms with E-state index >= 15 is 0 Å². The number of tetrazole rings is 1. The fraction of sp³-hybridized carbons (Fsp3) is 0.200. The maximum atomic E-state index is 12.3. The number of anilines is 1. The Morgan fingerprint density at radius 3 is 2.68 bits per heavy atom. The number of carbonyl (C=O) groups excluding carboxylic acids is 1. The van der Waals surface area contributed by atoms with E-state index in [4.69, 9.17) is 4.42 Å². The summed E-state index contributed by atoms with van der Waals surface area (Å²) in [6.07, 6.45) is 0. The SMILES string of the molecule is Cc1cc(C(=O)Nc2cccc(-n3nnnc3C)c2)c(C)o1. The van der Waals surface area contributed by atoms with E-state index in [1.807, 2.05) is 38.1 Å². The third-order valence-electron chi connectivity index (χ3n) is 3.26. The van der Waals surface area contributed by atoms with Gasteiger partial charge in [-0.05, 0) is 55.5 Å². The second-order valence-electron chi connectivity index (χ2n) is 4.97. The standard InChI is InChI=1S/C15H15N5O2/c1-9-7-14(10(2)22-9)15(21)16-12-5-4-6-13(8-12)20-11(3)17-18-19-20/h4-8H,1-3H3,(H,16,21). The average Bonchev–Trinajstić information content (AvgIpc) is 3.04. The van der Waals surface area contributed by atoms with Crippen molar-refractivity contribution < 1.29 is 9.21 Å². The molecule has 1 amide bonds. The molecule has 0 bridgehead atoms. The zero-order valence-electron chi connectivity index (χ0n) is 12.5. The summed E-state index contributed by atoms with van der Waals surface area (Å²) in [6, 6.07) is 9.04. The minimum atomic E-state index is -0.208. The summed E-state index contributed by atoms with van der Waals surface area (Å²) in [6.45, 7) is 5.39. The van der Waals surface area contributed by atoms with Gasteiger partial charge in [0.1, 0.15) is 11.5 Å². The molecule has 0 fully saturated rings. The summed E-state index contributed by atoms with van der Waals surface area (Å²) in [4.78, 5) is 12.3. The van der Waals surface area contributed by atoms with Crippen LogP contribution < -0.4 is 5.32 Å². The fourth-order valence-corrected chi connectivity index (χ4v) is 2.24. The average molecular weight is 297 g/mol. The van der Waals surface area contributed by atoms with Crippen LogP contribution in [0.2, 0.25) is 0 Å². The quantitative estimate of drug-likeness (QED) is 0.802. The number of benzene rings is 1. The minimum absolute atomic E-state index is 0.208. The number of nitrogens with one attached hydrogen (secondary N) is 1. The van der Waals surface area contributed by atoms with Gasteiger partial charge >= 0.3 is 0 Å². The predicted molar refractivity (Wildman–Crippen MR) is 80.0 cm³/mol. The van der Waals surface area contributed by atoms with Crippen molar-refractivity contribution in [3.8, 4) is 5.69 Å². The van der Waals surface area contributed by atoms with Crippen LogP contribution in [0.4, 0.5) is 5.69 Å². The molecule has 1 N–H and O–H groups in total. The molecule has 3 rings (SSSR count). The molecule has 0 saturated carbocycles. The van der Waals surface area contributed by atoms with Crippen LogP contribution in [-0.2, 0) is 0 Å². The molecule has 0 atom stereocenters. The van der Waals surface area contributed by atoms with Crippen molar-refractivity contribution in [1.82, 2.24) is 20.2 Å². The molecule has 0 aliphatic heterocycles. The van der Waals surface area contributed by atoms with Gasteiger partial charge in [-0.25, -0.2) is 0 Å². The van der Waals surface area contributed by atoms with Gasteiger partial charge in [-0.1, -0.05) is 6.07 Å². The molecule has 0 aliphatic carbocycles. The van der Waals surface area contributed by atoms with Gasteiger partial charge in [0.15, 0.2) is 5.82 Å². The molecule has 0 aliphatic rings. The highest BCUT2D eigenvalue weighted by Crippen LogP contribution is 2.18. The molecule has 7 heteroatoms. The first kappa shape index (κ1) is 14.0. The Bertz CT molecular complexity index is 834. The molecule has 0 unspecified atom stereocenters. The number of amides is 1. The molecule has 0 saturated heterocycles. The number of carbonyl (C=O) groups is 1. The highest BCUT2D eigenvalue weighted by Gasteiger charge is 2.14.